The van der Waals surface area contributed by atoms with Crippen molar-refractivity contribution in [3.63, 3.8) is 0 Å². The van der Waals surface area contributed by atoms with Crippen LogP contribution in [0, 0.1) is 11.3 Å². The first-order chi connectivity index (χ1) is 13.2. The molecule has 2 saturated heterocycles. The van der Waals surface area contributed by atoms with E-state index >= 15 is 0 Å². The van der Waals surface area contributed by atoms with Crippen molar-refractivity contribution in [1.82, 2.24) is 14.9 Å². The van der Waals surface area contributed by atoms with Crippen molar-refractivity contribution in [2.45, 2.75) is 0 Å². The number of hydrogen-bond acceptors (Lipinski definition) is 7. The fourth-order valence-corrected chi connectivity index (χ4v) is 3.64. The van der Waals surface area contributed by atoms with Gasteiger partial charge in [-0.1, -0.05) is 6.07 Å². The number of nitrogens with zero attached hydrogens (tertiary/aromatic N) is 7. The highest BCUT2D eigenvalue weighted by Crippen LogP contribution is 2.21. The lowest BCUT2D eigenvalue weighted by Gasteiger charge is -2.37. The van der Waals surface area contributed by atoms with Crippen molar-refractivity contribution in [3.8, 4) is 6.07 Å². The highest BCUT2D eigenvalue weighted by molar-refractivity contribution is 5.53. The maximum atomic E-state index is 9.10. The van der Waals surface area contributed by atoms with Crippen LogP contribution in [0.1, 0.15) is 5.56 Å². The second-order valence-electron chi connectivity index (χ2n) is 7.14. The van der Waals surface area contributed by atoms with Gasteiger partial charge in [-0.05, 0) is 31.3 Å². The molecular formula is C20H25N7. The van der Waals surface area contributed by atoms with Crippen LogP contribution >= 0.6 is 0 Å². The standard InChI is InChI=1S/C20H25N7/c1-24-7-9-27(10-8-24)20-22-6-5-19(23-20)26-13-11-25(12-14-26)18-4-2-3-17(15-18)16-21/h2-6,15H,7-14H2,1H3. The Morgan fingerprint density at radius 3 is 2.33 bits per heavy atom. The first-order valence-electron chi connectivity index (χ1n) is 9.49. The number of hydrogen-bond donors (Lipinski definition) is 0. The molecule has 2 aromatic rings. The third kappa shape index (κ3) is 3.96. The van der Waals surface area contributed by atoms with E-state index in [2.05, 4.69) is 43.8 Å². The van der Waals surface area contributed by atoms with Gasteiger partial charge in [-0.25, -0.2) is 4.98 Å². The third-order valence-electron chi connectivity index (χ3n) is 5.36. The number of nitriles is 1. The largest absolute Gasteiger partial charge is 0.368 e. The van der Waals surface area contributed by atoms with Crippen molar-refractivity contribution in [1.29, 1.82) is 5.26 Å². The Bertz CT molecular complexity index is 815. The molecule has 1 aromatic carbocycles. The summed E-state index contributed by atoms with van der Waals surface area (Å²) in [6.45, 7) is 7.71. The van der Waals surface area contributed by atoms with Crippen LogP contribution in [0.3, 0.4) is 0 Å². The SMILES string of the molecule is CN1CCN(c2nccc(N3CCN(c4cccc(C#N)c4)CC3)n2)CC1. The summed E-state index contributed by atoms with van der Waals surface area (Å²) in [6, 6.07) is 12.1. The molecule has 4 rings (SSSR count). The molecule has 0 bridgehead atoms. The minimum atomic E-state index is 0.711. The van der Waals surface area contributed by atoms with Crippen LogP contribution in [0.4, 0.5) is 17.5 Å². The molecule has 2 aliphatic rings. The van der Waals surface area contributed by atoms with Crippen molar-refractivity contribution >= 4 is 17.5 Å². The second-order valence-corrected chi connectivity index (χ2v) is 7.14. The summed E-state index contributed by atoms with van der Waals surface area (Å²) in [6.07, 6.45) is 1.87. The maximum absolute atomic E-state index is 9.10. The Hall–Kier alpha value is -2.85. The summed E-state index contributed by atoms with van der Waals surface area (Å²) in [5.74, 6) is 1.84. The van der Waals surface area contributed by atoms with Gasteiger partial charge in [-0.3, -0.25) is 0 Å². The van der Waals surface area contributed by atoms with E-state index < -0.39 is 0 Å². The normalized spacial score (nSPS) is 18.4. The van der Waals surface area contributed by atoms with Gasteiger partial charge < -0.3 is 19.6 Å². The summed E-state index contributed by atoms with van der Waals surface area (Å²) in [5, 5.41) is 9.10. The lowest BCUT2D eigenvalue weighted by atomic mass is 10.2. The van der Waals surface area contributed by atoms with E-state index in [1.54, 1.807) is 0 Å². The number of benzene rings is 1. The Kier molecular flexibility index (Phi) is 5.07. The molecule has 3 heterocycles. The molecule has 7 heteroatoms. The molecule has 0 N–H and O–H groups in total. The van der Waals surface area contributed by atoms with Crippen LogP contribution in [-0.4, -0.2) is 74.3 Å². The molecule has 7 nitrogen and oxygen atoms in total. The van der Waals surface area contributed by atoms with Crippen molar-refractivity contribution in [3.05, 3.63) is 42.1 Å². The van der Waals surface area contributed by atoms with Crippen molar-refractivity contribution < 1.29 is 0 Å². The van der Waals surface area contributed by atoms with Gasteiger partial charge in [0.2, 0.25) is 5.95 Å². The van der Waals surface area contributed by atoms with E-state index in [-0.39, 0.29) is 0 Å². The van der Waals surface area contributed by atoms with Gasteiger partial charge in [-0.15, -0.1) is 0 Å². The average molecular weight is 363 g/mol. The lowest BCUT2D eigenvalue weighted by molar-refractivity contribution is 0.311. The monoisotopic (exact) mass is 363 g/mol. The highest BCUT2D eigenvalue weighted by atomic mass is 15.3. The number of anilines is 3. The van der Waals surface area contributed by atoms with Crippen LogP contribution in [0.15, 0.2) is 36.5 Å². The number of piperazine rings is 2. The molecule has 0 amide bonds. The predicted molar refractivity (Wildman–Crippen MR) is 107 cm³/mol. The average Bonchev–Trinajstić information content (AvgIpc) is 2.74. The summed E-state index contributed by atoms with van der Waals surface area (Å²) in [7, 11) is 2.15. The van der Waals surface area contributed by atoms with Crippen LogP contribution in [-0.2, 0) is 0 Å². The highest BCUT2D eigenvalue weighted by Gasteiger charge is 2.21. The van der Waals surface area contributed by atoms with Crippen LogP contribution in [0.25, 0.3) is 0 Å². The maximum Gasteiger partial charge on any atom is 0.227 e. The van der Waals surface area contributed by atoms with E-state index in [1.165, 1.54) is 0 Å². The molecule has 0 saturated carbocycles. The first-order valence-corrected chi connectivity index (χ1v) is 9.49. The van der Waals surface area contributed by atoms with E-state index in [0.717, 1.165) is 69.8 Å². The fourth-order valence-electron chi connectivity index (χ4n) is 3.64. The Labute approximate surface area is 160 Å². The van der Waals surface area contributed by atoms with Gasteiger partial charge in [0.25, 0.3) is 0 Å². The van der Waals surface area contributed by atoms with E-state index in [4.69, 9.17) is 10.2 Å². The molecule has 0 radical (unpaired) electrons. The molecule has 0 atom stereocenters. The smallest absolute Gasteiger partial charge is 0.227 e. The summed E-state index contributed by atoms with van der Waals surface area (Å²) >= 11 is 0. The van der Waals surface area contributed by atoms with Crippen molar-refractivity contribution in [2.24, 2.45) is 0 Å². The zero-order valence-electron chi connectivity index (χ0n) is 15.8. The molecule has 0 aliphatic carbocycles. The minimum absolute atomic E-state index is 0.711. The van der Waals surface area contributed by atoms with Gasteiger partial charge in [0.1, 0.15) is 5.82 Å². The van der Waals surface area contributed by atoms with Gasteiger partial charge in [0.15, 0.2) is 0 Å². The molecule has 27 heavy (non-hydrogen) atoms. The number of rotatable bonds is 3. The topological polar surface area (TPSA) is 62.5 Å². The van der Waals surface area contributed by atoms with Gasteiger partial charge in [-0.2, -0.15) is 10.2 Å². The molecule has 140 valence electrons. The Morgan fingerprint density at radius 2 is 1.59 bits per heavy atom. The van der Waals surface area contributed by atoms with Crippen LogP contribution in [0.5, 0.6) is 0 Å². The Morgan fingerprint density at radius 1 is 0.889 bits per heavy atom. The van der Waals surface area contributed by atoms with E-state index in [0.29, 0.717) is 5.56 Å². The number of aromatic nitrogens is 2. The zero-order valence-corrected chi connectivity index (χ0v) is 15.8. The van der Waals surface area contributed by atoms with Gasteiger partial charge >= 0.3 is 0 Å². The fraction of sp³-hybridized carbons (Fsp3) is 0.450. The van der Waals surface area contributed by atoms with E-state index in [1.807, 2.05) is 30.5 Å². The first kappa shape index (κ1) is 17.6. The molecule has 1 aromatic heterocycles. The lowest BCUT2D eigenvalue weighted by Crippen LogP contribution is -2.47. The number of likely N-dealkylation sites (N-methyl/N-ethyl adjacent to an activating group) is 1. The molecule has 2 aliphatic heterocycles. The van der Waals surface area contributed by atoms with Crippen LogP contribution in [0.2, 0.25) is 0 Å². The summed E-state index contributed by atoms with van der Waals surface area (Å²) < 4.78 is 0. The molecular weight excluding hydrogens is 338 g/mol. The quantitative estimate of drug-likeness (QED) is 0.817. The van der Waals surface area contributed by atoms with Gasteiger partial charge in [0.05, 0.1) is 11.6 Å². The summed E-state index contributed by atoms with van der Waals surface area (Å²) in [4.78, 5) is 18.6. The van der Waals surface area contributed by atoms with Crippen LogP contribution < -0.4 is 14.7 Å². The Balaban J connectivity index is 1.41. The molecule has 0 spiro atoms. The molecule has 0 unspecified atom stereocenters. The third-order valence-corrected chi connectivity index (χ3v) is 5.36. The van der Waals surface area contributed by atoms with E-state index in [9.17, 15) is 0 Å². The minimum Gasteiger partial charge on any atom is -0.368 e. The predicted octanol–water partition coefficient (Wildman–Crippen LogP) is 1.43. The summed E-state index contributed by atoms with van der Waals surface area (Å²) in [5.41, 5.74) is 1.83. The van der Waals surface area contributed by atoms with Crippen molar-refractivity contribution in [2.75, 3.05) is 74.1 Å². The van der Waals surface area contributed by atoms with Gasteiger partial charge in [0, 0.05) is 64.2 Å². The molecule has 2 fully saturated rings. The zero-order chi connectivity index (χ0) is 18.6. The second kappa shape index (κ2) is 7.80.